The van der Waals surface area contributed by atoms with Gasteiger partial charge in [-0.3, -0.25) is 14.3 Å². The van der Waals surface area contributed by atoms with Gasteiger partial charge in [-0.2, -0.15) is 0 Å². The van der Waals surface area contributed by atoms with Crippen LogP contribution in [0, 0.1) is 6.92 Å². The van der Waals surface area contributed by atoms with E-state index < -0.39 is 0 Å². The number of halogens is 2. The maximum Gasteiger partial charge on any atom is 0.196 e. The molecule has 0 fully saturated rings. The number of thioether (sulfide) groups is 1. The van der Waals surface area contributed by atoms with Gasteiger partial charge in [-0.1, -0.05) is 52.7 Å². The SMILES string of the molecule is Cc1ccc(-n2c(SCC(=O)c3ccc(Cl)cc3Cl)nnc2-c2ccncc2)cc1. The number of carbonyl (C=O) groups is 1. The van der Waals surface area contributed by atoms with E-state index >= 15 is 0 Å². The summed E-state index contributed by atoms with van der Waals surface area (Å²) in [5.74, 6) is 0.744. The molecule has 0 atom stereocenters. The summed E-state index contributed by atoms with van der Waals surface area (Å²) in [6, 6.07) is 16.7. The first-order chi connectivity index (χ1) is 14.5. The van der Waals surface area contributed by atoms with Crippen LogP contribution in [0.1, 0.15) is 15.9 Å². The highest BCUT2D eigenvalue weighted by Crippen LogP contribution is 2.29. The van der Waals surface area contributed by atoms with Crippen molar-refractivity contribution in [2.75, 3.05) is 5.75 Å². The smallest absolute Gasteiger partial charge is 0.196 e. The predicted molar refractivity (Wildman–Crippen MR) is 121 cm³/mol. The molecule has 30 heavy (non-hydrogen) atoms. The van der Waals surface area contributed by atoms with Gasteiger partial charge in [0.1, 0.15) is 0 Å². The standard InChI is InChI=1S/C22H16Cl2N4OS/c1-14-2-5-17(6-3-14)28-21(15-8-10-25-11-9-15)26-27-22(28)30-13-20(29)18-7-4-16(23)12-19(18)24/h2-12H,13H2,1H3. The van der Waals surface area contributed by atoms with Crippen LogP contribution >= 0.6 is 35.0 Å². The van der Waals surface area contributed by atoms with Crippen molar-refractivity contribution in [3.05, 3.63) is 88.2 Å². The van der Waals surface area contributed by atoms with Gasteiger partial charge in [0.05, 0.1) is 10.8 Å². The van der Waals surface area contributed by atoms with Crippen LogP contribution in [0.15, 0.2) is 72.1 Å². The maximum atomic E-state index is 12.7. The maximum absolute atomic E-state index is 12.7. The van der Waals surface area contributed by atoms with Crippen LogP contribution in [0.2, 0.25) is 10.0 Å². The molecule has 0 amide bonds. The van der Waals surface area contributed by atoms with E-state index in [9.17, 15) is 4.79 Å². The molecule has 0 N–H and O–H groups in total. The first-order valence-electron chi connectivity index (χ1n) is 9.07. The Kier molecular flexibility index (Phi) is 6.18. The molecule has 0 bridgehead atoms. The Balaban J connectivity index is 1.67. The highest BCUT2D eigenvalue weighted by Gasteiger charge is 2.18. The number of nitrogens with zero attached hydrogens (tertiary/aromatic N) is 4. The molecule has 0 saturated carbocycles. The van der Waals surface area contributed by atoms with Crippen molar-refractivity contribution in [3.63, 3.8) is 0 Å². The quantitative estimate of drug-likeness (QED) is 0.267. The average molecular weight is 455 g/mol. The number of hydrogen-bond donors (Lipinski definition) is 0. The van der Waals surface area contributed by atoms with E-state index in [1.165, 1.54) is 11.8 Å². The molecule has 2 heterocycles. The van der Waals surface area contributed by atoms with Crippen LogP contribution < -0.4 is 0 Å². The Morgan fingerprint density at radius 3 is 2.43 bits per heavy atom. The second kappa shape index (κ2) is 9.00. The third kappa shape index (κ3) is 4.41. The van der Waals surface area contributed by atoms with Crippen LogP contribution in [0.3, 0.4) is 0 Å². The Morgan fingerprint density at radius 2 is 1.73 bits per heavy atom. The number of benzene rings is 2. The van der Waals surface area contributed by atoms with E-state index in [2.05, 4.69) is 15.2 Å². The monoisotopic (exact) mass is 454 g/mol. The Hall–Kier alpha value is -2.67. The van der Waals surface area contributed by atoms with Crippen LogP contribution in [0.4, 0.5) is 0 Å². The minimum Gasteiger partial charge on any atom is -0.293 e. The molecule has 4 rings (SSSR count). The van der Waals surface area contributed by atoms with Crippen LogP contribution in [-0.4, -0.2) is 31.3 Å². The van der Waals surface area contributed by atoms with Gasteiger partial charge >= 0.3 is 0 Å². The second-order valence-corrected chi connectivity index (χ2v) is 8.34. The number of rotatable bonds is 6. The van der Waals surface area contributed by atoms with Crippen LogP contribution in [-0.2, 0) is 0 Å². The normalized spacial score (nSPS) is 10.9. The lowest BCUT2D eigenvalue weighted by atomic mass is 10.1. The van der Waals surface area contributed by atoms with E-state index in [1.807, 2.05) is 47.9 Å². The number of aryl methyl sites for hydroxylation is 1. The lowest BCUT2D eigenvalue weighted by Gasteiger charge is -2.11. The van der Waals surface area contributed by atoms with E-state index in [4.69, 9.17) is 23.2 Å². The predicted octanol–water partition coefficient (Wildman–Crippen LogP) is 5.92. The molecule has 0 aliphatic carbocycles. The van der Waals surface area contributed by atoms with Gasteiger partial charge in [-0.25, -0.2) is 0 Å². The van der Waals surface area contributed by atoms with Crippen molar-refractivity contribution >= 4 is 40.7 Å². The molecule has 2 aromatic carbocycles. The zero-order valence-corrected chi connectivity index (χ0v) is 18.2. The summed E-state index contributed by atoms with van der Waals surface area (Å²) >= 11 is 13.4. The van der Waals surface area contributed by atoms with Crippen LogP contribution in [0.25, 0.3) is 17.1 Å². The van der Waals surface area contributed by atoms with Gasteiger partial charge in [0.15, 0.2) is 16.8 Å². The molecule has 4 aromatic rings. The van der Waals surface area contributed by atoms with E-state index in [0.717, 1.165) is 16.8 Å². The zero-order valence-electron chi connectivity index (χ0n) is 15.9. The molecule has 8 heteroatoms. The van der Waals surface area contributed by atoms with Gasteiger partial charge in [-0.15, -0.1) is 10.2 Å². The average Bonchev–Trinajstić information content (AvgIpc) is 3.17. The number of carbonyl (C=O) groups excluding carboxylic acids is 1. The molecule has 2 aromatic heterocycles. The fourth-order valence-corrected chi connectivity index (χ4v) is 4.25. The van der Waals surface area contributed by atoms with E-state index in [0.29, 0.717) is 26.6 Å². The third-order valence-electron chi connectivity index (χ3n) is 4.43. The highest BCUT2D eigenvalue weighted by molar-refractivity contribution is 7.99. The number of hydrogen-bond acceptors (Lipinski definition) is 5. The molecule has 0 spiro atoms. The summed E-state index contributed by atoms with van der Waals surface area (Å²) in [5.41, 5.74) is 3.39. The number of ketones is 1. The Bertz CT molecular complexity index is 1190. The summed E-state index contributed by atoms with van der Waals surface area (Å²) < 4.78 is 1.94. The number of aromatic nitrogens is 4. The van der Waals surface area contributed by atoms with Crippen molar-refractivity contribution in [1.82, 2.24) is 19.7 Å². The Morgan fingerprint density at radius 1 is 1.00 bits per heavy atom. The van der Waals surface area contributed by atoms with Gasteiger partial charge in [0, 0.05) is 34.2 Å². The molecule has 150 valence electrons. The van der Waals surface area contributed by atoms with Crippen molar-refractivity contribution in [3.8, 4) is 17.1 Å². The highest BCUT2D eigenvalue weighted by atomic mass is 35.5. The molecule has 0 saturated heterocycles. The second-order valence-electron chi connectivity index (χ2n) is 6.55. The first kappa shape index (κ1) is 20.6. The third-order valence-corrected chi connectivity index (χ3v) is 5.90. The summed E-state index contributed by atoms with van der Waals surface area (Å²) in [6.45, 7) is 2.03. The topological polar surface area (TPSA) is 60.7 Å². The zero-order chi connectivity index (χ0) is 21.1. The van der Waals surface area contributed by atoms with Gasteiger partial charge < -0.3 is 0 Å². The van der Waals surface area contributed by atoms with Crippen molar-refractivity contribution in [2.24, 2.45) is 0 Å². The largest absolute Gasteiger partial charge is 0.293 e. The number of pyridine rings is 1. The van der Waals surface area contributed by atoms with Crippen molar-refractivity contribution in [2.45, 2.75) is 12.1 Å². The van der Waals surface area contributed by atoms with Gasteiger partial charge in [-0.05, 0) is 49.4 Å². The summed E-state index contributed by atoms with van der Waals surface area (Å²) in [6.07, 6.45) is 3.42. The number of Topliss-reactive ketones (excluding diaryl/α,β-unsaturated/α-hetero) is 1. The van der Waals surface area contributed by atoms with E-state index in [-0.39, 0.29) is 11.5 Å². The van der Waals surface area contributed by atoms with Gasteiger partial charge in [0.25, 0.3) is 0 Å². The van der Waals surface area contributed by atoms with E-state index in [1.54, 1.807) is 30.6 Å². The lowest BCUT2D eigenvalue weighted by Crippen LogP contribution is -2.05. The summed E-state index contributed by atoms with van der Waals surface area (Å²) in [7, 11) is 0. The summed E-state index contributed by atoms with van der Waals surface area (Å²) in [4.78, 5) is 16.8. The molecule has 0 unspecified atom stereocenters. The lowest BCUT2D eigenvalue weighted by molar-refractivity contribution is 0.102. The van der Waals surface area contributed by atoms with Crippen molar-refractivity contribution < 1.29 is 4.79 Å². The molecule has 0 aliphatic rings. The fraction of sp³-hybridized carbons (Fsp3) is 0.0909. The summed E-state index contributed by atoms with van der Waals surface area (Å²) in [5, 5.41) is 10.2. The van der Waals surface area contributed by atoms with Gasteiger partial charge in [0.2, 0.25) is 0 Å². The first-order valence-corrected chi connectivity index (χ1v) is 10.8. The minimum atomic E-state index is -0.106. The van der Waals surface area contributed by atoms with Crippen LogP contribution in [0.5, 0.6) is 0 Å². The van der Waals surface area contributed by atoms with Crippen molar-refractivity contribution in [1.29, 1.82) is 0 Å². The Labute approximate surface area is 188 Å². The fourth-order valence-electron chi connectivity index (χ4n) is 2.90. The molecule has 5 nitrogen and oxygen atoms in total. The molecular weight excluding hydrogens is 439 g/mol. The molecule has 0 aliphatic heterocycles. The molecular formula is C22H16Cl2N4OS. The molecule has 0 radical (unpaired) electrons. The minimum absolute atomic E-state index is 0.106.